The van der Waals surface area contributed by atoms with Gasteiger partial charge in [0.25, 0.3) is 11.8 Å². The van der Waals surface area contributed by atoms with Crippen LogP contribution in [0.5, 0.6) is 17.2 Å². The van der Waals surface area contributed by atoms with E-state index in [1.54, 1.807) is 41.0 Å². The van der Waals surface area contributed by atoms with Gasteiger partial charge in [0.15, 0.2) is 11.4 Å². The van der Waals surface area contributed by atoms with Crippen molar-refractivity contribution in [2.45, 2.75) is 62.6 Å². The zero-order valence-corrected chi connectivity index (χ0v) is 31.7. The summed E-state index contributed by atoms with van der Waals surface area (Å²) in [5, 5.41) is 11.2. The van der Waals surface area contributed by atoms with Gasteiger partial charge in [-0.2, -0.15) is 0 Å². The monoisotopic (exact) mass is 731 g/mol. The molecule has 0 aliphatic carbocycles. The molecule has 11 heteroatoms. The number of likely N-dealkylation sites (tertiary alicyclic amines) is 1. The van der Waals surface area contributed by atoms with Gasteiger partial charge in [0.05, 0.1) is 57.3 Å². The van der Waals surface area contributed by atoms with Crippen molar-refractivity contribution in [1.82, 2.24) is 4.90 Å². The lowest BCUT2D eigenvalue weighted by Gasteiger charge is -2.37. The van der Waals surface area contributed by atoms with E-state index in [4.69, 9.17) is 14.2 Å². The third kappa shape index (κ3) is 5.39. The van der Waals surface area contributed by atoms with Crippen molar-refractivity contribution in [3.8, 4) is 17.2 Å². The largest absolute Gasteiger partial charge is 0.497 e. The van der Waals surface area contributed by atoms with Crippen molar-refractivity contribution < 1.29 is 33.7 Å². The smallest absolute Gasteiger partial charge is 0.266 e. The minimum atomic E-state index is -2.51. The van der Waals surface area contributed by atoms with Gasteiger partial charge in [-0.15, -0.1) is 0 Å². The molecule has 0 radical (unpaired) electrons. The molecule has 1 spiro atoms. The molecule has 4 aromatic carbocycles. The van der Waals surface area contributed by atoms with E-state index in [9.17, 15) is 19.5 Å². The van der Waals surface area contributed by atoms with Crippen molar-refractivity contribution in [3.63, 3.8) is 0 Å². The minimum absolute atomic E-state index is 0.0708. The molecule has 4 aliphatic heterocycles. The summed E-state index contributed by atoms with van der Waals surface area (Å²) in [5.41, 5.74) is 1.40. The summed E-state index contributed by atoms with van der Waals surface area (Å²) >= 11 is 0. The van der Waals surface area contributed by atoms with Crippen LogP contribution in [0.3, 0.4) is 0 Å². The van der Waals surface area contributed by atoms with E-state index in [0.717, 1.165) is 18.6 Å². The topological polar surface area (TPSA) is 109 Å². The predicted molar refractivity (Wildman–Crippen MR) is 205 cm³/mol. The summed E-state index contributed by atoms with van der Waals surface area (Å²) < 4.78 is 18.9. The summed E-state index contributed by atoms with van der Waals surface area (Å²) in [7, 11) is 0.896. The van der Waals surface area contributed by atoms with Crippen molar-refractivity contribution in [3.05, 3.63) is 102 Å². The number of benzene rings is 4. The standard InChI is InChI=1S/C42H45N3O7Si/c1-26-39(53(4,5)30-19-17-29(50-3)18-20-30)37(24-38(47)44-22-10-11-28(44)25-46)52-42(26)32-23-27(16-21-33(32)43(2)41(42)49)45-34-13-7-9-15-36(34)51-35-14-8-6-12-31(35)40(45)48/h6-9,12-21,23,26,28,37,39,46H,10-11,22,24-25H2,1-5H3/t26-,28+,37+,39-,42+/m1/s1. The van der Waals surface area contributed by atoms with Gasteiger partial charge in [-0.05, 0) is 73.0 Å². The third-order valence-electron chi connectivity index (χ3n) is 12.1. The summed E-state index contributed by atoms with van der Waals surface area (Å²) in [4.78, 5) is 48.4. The molecule has 2 fully saturated rings. The number of aliphatic hydroxyl groups is 1. The van der Waals surface area contributed by atoms with Crippen LogP contribution in [0.25, 0.3) is 0 Å². The molecule has 8 rings (SSSR count). The number of methoxy groups -OCH3 is 1. The lowest BCUT2D eigenvalue weighted by molar-refractivity contribution is -0.149. The summed E-state index contributed by atoms with van der Waals surface area (Å²) in [6.07, 6.45) is 1.12. The van der Waals surface area contributed by atoms with Gasteiger partial charge < -0.3 is 29.1 Å². The van der Waals surface area contributed by atoms with Crippen LogP contribution in [0, 0.1) is 5.92 Å². The number of carbonyl (C=O) groups excluding carboxylic acids is 3. The quantitative estimate of drug-likeness (QED) is 0.221. The Balaban J connectivity index is 1.26. The van der Waals surface area contributed by atoms with E-state index >= 15 is 0 Å². The maximum absolute atomic E-state index is 14.8. The van der Waals surface area contributed by atoms with Crippen LogP contribution in [0.1, 0.15) is 42.1 Å². The Hall–Kier alpha value is -4.97. The Morgan fingerprint density at radius 3 is 2.42 bits per heavy atom. The fourth-order valence-corrected chi connectivity index (χ4v) is 13.5. The van der Waals surface area contributed by atoms with Crippen molar-refractivity contribution in [2.75, 3.05) is 37.1 Å². The summed E-state index contributed by atoms with van der Waals surface area (Å²) in [6.45, 7) is 7.16. The van der Waals surface area contributed by atoms with Crippen molar-refractivity contribution in [2.24, 2.45) is 5.92 Å². The predicted octanol–water partition coefficient (Wildman–Crippen LogP) is 6.35. The average Bonchev–Trinajstić information content (AvgIpc) is 3.80. The number of hydrogen-bond donors (Lipinski definition) is 1. The summed E-state index contributed by atoms with van der Waals surface area (Å²) in [5.74, 6) is 0.910. The Labute approximate surface area is 310 Å². The van der Waals surface area contributed by atoms with E-state index < -0.39 is 19.8 Å². The Bertz CT molecular complexity index is 2100. The number of carbonyl (C=O) groups is 3. The maximum atomic E-state index is 14.8. The minimum Gasteiger partial charge on any atom is -0.497 e. The highest BCUT2D eigenvalue weighted by Gasteiger charge is 2.66. The molecule has 4 aliphatic rings. The first kappa shape index (κ1) is 35.1. The number of nitrogens with zero attached hydrogens (tertiary/aromatic N) is 3. The first-order chi connectivity index (χ1) is 25.5. The van der Waals surface area contributed by atoms with Gasteiger partial charge in [0, 0.05) is 30.8 Å². The number of anilines is 3. The molecular weight excluding hydrogens is 687 g/mol. The molecule has 10 nitrogen and oxygen atoms in total. The number of para-hydroxylation sites is 3. The second-order valence-electron chi connectivity index (χ2n) is 15.2. The van der Waals surface area contributed by atoms with E-state index in [1.165, 1.54) is 5.19 Å². The Morgan fingerprint density at radius 2 is 1.68 bits per heavy atom. The molecule has 274 valence electrons. The molecule has 0 unspecified atom stereocenters. The number of ether oxygens (including phenoxy) is 3. The van der Waals surface area contributed by atoms with E-state index in [-0.39, 0.29) is 48.3 Å². The highest BCUT2D eigenvalue weighted by Crippen LogP contribution is 2.60. The Morgan fingerprint density at radius 1 is 0.962 bits per heavy atom. The van der Waals surface area contributed by atoms with Gasteiger partial charge in [0.1, 0.15) is 11.5 Å². The fourth-order valence-electron chi connectivity index (χ4n) is 9.45. The normalized spacial score (nSPS) is 24.9. The van der Waals surface area contributed by atoms with Gasteiger partial charge in [-0.3, -0.25) is 19.3 Å². The molecular formula is C42H45N3O7Si. The molecule has 0 saturated carbocycles. The van der Waals surface area contributed by atoms with Crippen LogP contribution in [-0.4, -0.2) is 75.3 Å². The summed E-state index contributed by atoms with van der Waals surface area (Å²) in [6, 6.07) is 28.2. The van der Waals surface area contributed by atoms with Gasteiger partial charge in [0.2, 0.25) is 5.91 Å². The number of hydrogen-bond acceptors (Lipinski definition) is 7. The third-order valence-corrected chi connectivity index (χ3v) is 16.5. The van der Waals surface area contributed by atoms with Crippen LogP contribution in [-0.2, 0) is 19.9 Å². The molecule has 1 N–H and O–H groups in total. The first-order valence-corrected chi connectivity index (χ1v) is 21.4. The van der Waals surface area contributed by atoms with Crippen LogP contribution >= 0.6 is 0 Å². The number of amides is 3. The first-order valence-electron chi connectivity index (χ1n) is 18.4. The number of likely N-dealkylation sites (N-methyl/N-ethyl adjacent to an activating group) is 1. The second kappa shape index (κ2) is 13.2. The lowest BCUT2D eigenvalue weighted by Crippen LogP contribution is -2.52. The van der Waals surface area contributed by atoms with Crippen LogP contribution < -0.4 is 24.5 Å². The molecule has 53 heavy (non-hydrogen) atoms. The molecule has 2 saturated heterocycles. The Kier molecular flexibility index (Phi) is 8.71. The van der Waals surface area contributed by atoms with Crippen molar-refractivity contribution in [1.29, 1.82) is 0 Å². The van der Waals surface area contributed by atoms with Crippen LogP contribution in [0.15, 0.2) is 91.0 Å². The molecule has 4 aromatic rings. The molecule has 3 amide bonds. The van der Waals surface area contributed by atoms with Gasteiger partial charge in [-0.25, -0.2) is 0 Å². The second-order valence-corrected chi connectivity index (χ2v) is 19.9. The van der Waals surface area contributed by atoms with Gasteiger partial charge >= 0.3 is 0 Å². The maximum Gasteiger partial charge on any atom is 0.266 e. The highest BCUT2D eigenvalue weighted by atomic mass is 28.3. The molecule has 0 aromatic heterocycles. The zero-order chi connectivity index (χ0) is 37.2. The molecule has 5 atom stereocenters. The lowest BCUT2D eigenvalue weighted by atomic mass is 9.82. The highest BCUT2D eigenvalue weighted by molar-refractivity contribution is 6.91. The van der Waals surface area contributed by atoms with Crippen molar-refractivity contribution >= 4 is 48.0 Å². The fraction of sp³-hybridized carbons (Fsp3) is 0.357. The average molecular weight is 732 g/mol. The number of aliphatic hydroxyl groups excluding tert-OH is 1. The van der Waals surface area contributed by atoms with E-state index in [0.29, 0.717) is 46.2 Å². The number of fused-ring (bicyclic) bond motifs is 4. The zero-order valence-electron chi connectivity index (χ0n) is 30.7. The molecule has 4 heterocycles. The van der Waals surface area contributed by atoms with E-state index in [2.05, 4.69) is 32.2 Å². The molecule has 0 bridgehead atoms. The SMILES string of the molecule is COc1ccc([Si](C)(C)[C@H]2[C@H](CC(=O)N3CCC[C@H]3CO)O[C@@]3(C(=O)N(C)c4ccc(N5C(=O)c6ccccc6Oc6ccccc65)cc43)[C@@H]2C)cc1. The van der Waals surface area contributed by atoms with Gasteiger partial charge in [-0.1, -0.05) is 61.6 Å². The van der Waals surface area contributed by atoms with E-state index in [1.807, 2.05) is 66.7 Å². The van der Waals surface area contributed by atoms with Crippen LogP contribution in [0.2, 0.25) is 18.6 Å². The number of rotatable bonds is 7. The van der Waals surface area contributed by atoms with Crippen LogP contribution in [0.4, 0.5) is 17.1 Å².